The van der Waals surface area contributed by atoms with Crippen molar-refractivity contribution in [3.05, 3.63) is 65.2 Å². The fraction of sp³-hybridized carbons (Fsp3) is 0.350. The largest absolute Gasteiger partial charge is 0.367 e. The van der Waals surface area contributed by atoms with Crippen LogP contribution >= 0.6 is 11.6 Å². The Labute approximate surface area is 154 Å². The molecule has 1 heterocycles. The van der Waals surface area contributed by atoms with Crippen LogP contribution in [0.5, 0.6) is 0 Å². The lowest BCUT2D eigenvalue weighted by Crippen LogP contribution is -2.51. The topological polar surface area (TPSA) is 49.6 Å². The summed E-state index contributed by atoms with van der Waals surface area (Å²) in [5, 5.41) is 0.752. The molecule has 2 N–H and O–H groups in total. The van der Waals surface area contributed by atoms with Crippen LogP contribution in [0.2, 0.25) is 5.02 Å². The molecule has 0 spiro atoms. The van der Waals surface area contributed by atoms with E-state index in [1.54, 1.807) is 0 Å². The average molecular weight is 358 g/mol. The van der Waals surface area contributed by atoms with Gasteiger partial charge in [-0.05, 0) is 17.7 Å². The number of nitrogens with zero attached hydrogens (tertiary/aromatic N) is 2. The van der Waals surface area contributed by atoms with Crippen LogP contribution in [0.3, 0.4) is 0 Å². The number of para-hydroxylation sites is 1. The van der Waals surface area contributed by atoms with Crippen LogP contribution in [0.25, 0.3) is 0 Å². The van der Waals surface area contributed by atoms with E-state index >= 15 is 0 Å². The highest BCUT2D eigenvalue weighted by molar-refractivity contribution is 6.33. The summed E-state index contributed by atoms with van der Waals surface area (Å²) < 4.78 is 0. The van der Waals surface area contributed by atoms with Crippen LogP contribution in [0.4, 0.5) is 5.69 Å². The van der Waals surface area contributed by atoms with Crippen molar-refractivity contribution < 1.29 is 4.79 Å². The molecule has 1 aliphatic rings. The normalized spacial score (nSPS) is 17.2. The van der Waals surface area contributed by atoms with E-state index in [-0.39, 0.29) is 17.9 Å². The zero-order chi connectivity index (χ0) is 17.8. The summed E-state index contributed by atoms with van der Waals surface area (Å²) in [4.78, 5) is 17.0. The van der Waals surface area contributed by atoms with Crippen LogP contribution < -0.4 is 10.6 Å². The first kappa shape index (κ1) is 17.8. The second kappa shape index (κ2) is 7.89. The van der Waals surface area contributed by atoms with Gasteiger partial charge in [0.2, 0.25) is 5.91 Å². The molecule has 1 saturated heterocycles. The zero-order valence-corrected chi connectivity index (χ0v) is 15.2. The molecule has 2 aromatic rings. The highest BCUT2D eigenvalue weighted by Gasteiger charge is 2.29. The summed E-state index contributed by atoms with van der Waals surface area (Å²) in [5.74, 6) is -0.121. The molecule has 4 nitrogen and oxygen atoms in total. The van der Waals surface area contributed by atoms with Crippen LogP contribution in [0, 0.1) is 5.92 Å². The van der Waals surface area contributed by atoms with Gasteiger partial charge in [0.1, 0.15) is 0 Å². The van der Waals surface area contributed by atoms with E-state index in [2.05, 4.69) is 4.90 Å². The molecule has 1 aliphatic heterocycles. The SMILES string of the molecule is CC(C(=O)N1CCN(c2ccccc2Cl)CC1)C(N)c1ccccc1. The molecular formula is C20H24ClN3O. The summed E-state index contributed by atoms with van der Waals surface area (Å²) >= 11 is 6.28. The van der Waals surface area contributed by atoms with Crippen molar-refractivity contribution in [1.29, 1.82) is 0 Å². The van der Waals surface area contributed by atoms with Crippen molar-refractivity contribution in [2.45, 2.75) is 13.0 Å². The molecule has 3 rings (SSSR count). The molecule has 0 aromatic heterocycles. The molecule has 2 atom stereocenters. The highest BCUT2D eigenvalue weighted by atomic mass is 35.5. The summed E-state index contributed by atoms with van der Waals surface area (Å²) in [5.41, 5.74) is 8.34. The fourth-order valence-electron chi connectivity index (χ4n) is 3.28. The Bertz CT molecular complexity index is 714. The van der Waals surface area contributed by atoms with Crippen molar-refractivity contribution >= 4 is 23.2 Å². The van der Waals surface area contributed by atoms with E-state index in [1.165, 1.54) is 0 Å². The molecule has 25 heavy (non-hydrogen) atoms. The predicted octanol–water partition coefficient (Wildman–Crippen LogP) is 3.32. The minimum Gasteiger partial charge on any atom is -0.367 e. The van der Waals surface area contributed by atoms with Gasteiger partial charge in [0.25, 0.3) is 0 Å². The van der Waals surface area contributed by atoms with Crippen molar-refractivity contribution in [3.8, 4) is 0 Å². The summed E-state index contributed by atoms with van der Waals surface area (Å²) in [6, 6.07) is 17.4. The van der Waals surface area contributed by atoms with E-state index in [4.69, 9.17) is 17.3 Å². The van der Waals surface area contributed by atoms with Gasteiger partial charge in [-0.25, -0.2) is 0 Å². The van der Waals surface area contributed by atoms with Gasteiger partial charge in [-0.3, -0.25) is 4.79 Å². The van der Waals surface area contributed by atoms with Gasteiger partial charge in [0, 0.05) is 32.2 Å². The number of halogens is 1. The Hall–Kier alpha value is -2.04. The molecule has 2 aromatic carbocycles. The van der Waals surface area contributed by atoms with E-state index < -0.39 is 0 Å². The lowest BCUT2D eigenvalue weighted by Gasteiger charge is -2.38. The molecular weight excluding hydrogens is 334 g/mol. The second-order valence-corrected chi connectivity index (χ2v) is 6.90. The van der Waals surface area contributed by atoms with Crippen molar-refractivity contribution in [2.75, 3.05) is 31.1 Å². The lowest BCUT2D eigenvalue weighted by molar-refractivity contribution is -0.136. The lowest BCUT2D eigenvalue weighted by atomic mass is 9.94. The maximum Gasteiger partial charge on any atom is 0.227 e. The molecule has 0 radical (unpaired) electrons. The van der Waals surface area contributed by atoms with Crippen LogP contribution in [0.1, 0.15) is 18.5 Å². The first-order chi connectivity index (χ1) is 12.1. The van der Waals surface area contributed by atoms with Crippen molar-refractivity contribution in [1.82, 2.24) is 4.90 Å². The average Bonchev–Trinajstić information content (AvgIpc) is 2.67. The van der Waals surface area contributed by atoms with E-state index in [0.717, 1.165) is 29.4 Å². The Balaban J connectivity index is 1.61. The van der Waals surface area contributed by atoms with Crippen LogP contribution in [-0.4, -0.2) is 37.0 Å². The van der Waals surface area contributed by atoms with Gasteiger partial charge in [0.15, 0.2) is 0 Å². The summed E-state index contributed by atoms with van der Waals surface area (Å²) in [7, 11) is 0. The fourth-order valence-corrected chi connectivity index (χ4v) is 3.54. The summed E-state index contributed by atoms with van der Waals surface area (Å²) in [6.45, 7) is 4.86. The van der Waals surface area contributed by atoms with Crippen LogP contribution in [0.15, 0.2) is 54.6 Å². The number of carbonyl (C=O) groups is 1. The third kappa shape index (κ3) is 3.97. The third-order valence-electron chi connectivity index (χ3n) is 4.90. The number of piperazine rings is 1. The van der Waals surface area contributed by atoms with E-state index in [1.807, 2.05) is 66.4 Å². The first-order valence-corrected chi connectivity index (χ1v) is 9.04. The number of anilines is 1. The minimum absolute atomic E-state index is 0.121. The summed E-state index contributed by atoms with van der Waals surface area (Å²) in [6.07, 6.45) is 0. The van der Waals surface area contributed by atoms with Crippen molar-refractivity contribution in [2.24, 2.45) is 11.7 Å². The van der Waals surface area contributed by atoms with Gasteiger partial charge in [0.05, 0.1) is 16.6 Å². The molecule has 2 unspecified atom stereocenters. The van der Waals surface area contributed by atoms with Crippen molar-refractivity contribution in [3.63, 3.8) is 0 Å². The Kier molecular flexibility index (Phi) is 5.61. The molecule has 0 saturated carbocycles. The quantitative estimate of drug-likeness (QED) is 0.913. The number of rotatable bonds is 4. The number of amides is 1. The monoisotopic (exact) mass is 357 g/mol. The maximum absolute atomic E-state index is 12.8. The number of benzene rings is 2. The maximum atomic E-state index is 12.8. The van der Waals surface area contributed by atoms with Gasteiger partial charge in [-0.15, -0.1) is 0 Å². The predicted molar refractivity (Wildman–Crippen MR) is 103 cm³/mol. The van der Waals surface area contributed by atoms with Gasteiger partial charge in [-0.2, -0.15) is 0 Å². The molecule has 132 valence electrons. The number of carbonyl (C=O) groups excluding carboxylic acids is 1. The first-order valence-electron chi connectivity index (χ1n) is 8.66. The highest BCUT2D eigenvalue weighted by Crippen LogP contribution is 2.27. The van der Waals surface area contributed by atoms with E-state index in [9.17, 15) is 4.79 Å². The standard InChI is InChI=1S/C20H24ClN3O/c1-15(19(22)16-7-3-2-4-8-16)20(25)24-13-11-23(12-14-24)18-10-6-5-9-17(18)21/h2-10,15,19H,11-14,22H2,1H3. The third-order valence-corrected chi connectivity index (χ3v) is 5.22. The van der Waals surface area contributed by atoms with Gasteiger partial charge < -0.3 is 15.5 Å². The molecule has 0 bridgehead atoms. The Morgan fingerprint density at radius 1 is 1.00 bits per heavy atom. The molecule has 5 heteroatoms. The Morgan fingerprint density at radius 2 is 1.60 bits per heavy atom. The molecule has 0 aliphatic carbocycles. The van der Waals surface area contributed by atoms with Gasteiger partial charge >= 0.3 is 0 Å². The Morgan fingerprint density at radius 3 is 2.24 bits per heavy atom. The van der Waals surface area contributed by atoms with Gasteiger partial charge in [-0.1, -0.05) is 61.0 Å². The molecule has 1 amide bonds. The number of hydrogen-bond donors (Lipinski definition) is 1. The smallest absolute Gasteiger partial charge is 0.227 e. The number of nitrogens with two attached hydrogens (primary N) is 1. The van der Waals surface area contributed by atoms with E-state index in [0.29, 0.717) is 13.1 Å². The van der Waals surface area contributed by atoms with Crippen LogP contribution in [-0.2, 0) is 4.79 Å². The number of hydrogen-bond acceptors (Lipinski definition) is 3. The zero-order valence-electron chi connectivity index (χ0n) is 14.4. The second-order valence-electron chi connectivity index (χ2n) is 6.49. The molecule has 1 fully saturated rings. The minimum atomic E-state index is -0.282.